The normalized spacial score (nSPS) is 13.3. The molecule has 8 nitrogen and oxygen atoms in total. The zero-order chi connectivity index (χ0) is 25.2. The molecule has 1 amide bonds. The second-order valence-electron chi connectivity index (χ2n) is 8.46. The lowest BCUT2D eigenvalue weighted by atomic mass is 10.1. The Hall–Kier alpha value is -4.05. The summed E-state index contributed by atoms with van der Waals surface area (Å²) in [6.45, 7) is 1.42. The van der Waals surface area contributed by atoms with Crippen molar-refractivity contribution in [3.63, 3.8) is 0 Å². The minimum Gasteiger partial charge on any atom is -0.339 e. The fourth-order valence-electron chi connectivity index (χ4n) is 4.20. The van der Waals surface area contributed by atoms with Crippen LogP contribution in [0.4, 0.5) is 10.1 Å². The van der Waals surface area contributed by atoms with Gasteiger partial charge in [-0.1, -0.05) is 30.0 Å². The number of nitro groups is 1. The van der Waals surface area contributed by atoms with Crippen LogP contribution in [0.2, 0.25) is 0 Å². The number of non-ortho nitro benzene ring substituents is 1. The van der Waals surface area contributed by atoms with E-state index in [0.717, 1.165) is 18.4 Å². The van der Waals surface area contributed by atoms with Gasteiger partial charge in [0.2, 0.25) is 0 Å². The quantitative estimate of drug-likeness (QED) is 0.159. The van der Waals surface area contributed by atoms with E-state index in [1.807, 2.05) is 0 Å². The van der Waals surface area contributed by atoms with Gasteiger partial charge in [0.05, 0.1) is 21.5 Å². The van der Waals surface area contributed by atoms with Gasteiger partial charge in [0.1, 0.15) is 5.82 Å². The molecule has 1 saturated heterocycles. The van der Waals surface area contributed by atoms with E-state index in [9.17, 15) is 24.1 Å². The van der Waals surface area contributed by atoms with Crippen LogP contribution >= 0.6 is 11.8 Å². The number of carbonyl (C=O) groups is 1. The van der Waals surface area contributed by atoms with Crippen LogP contribution in [0.25, 0.3) is 16.6 Å². The summed E-state index contributed by atoms with van der Waals surface area (Å²) in [4.78, 5) is 43.4. The third-order valence-electron chi connectivity index (χ3n) is 6.06. The molecule has 182 valence electrons. The van der Waals surface area contributed by atoms with Crippen LogP contribution in [0.5, 0.6) is 0 Å². The SMILES string of the molecule is O=C(c1ccc2c(=O)n(-c3cccc(F)c3)c(SCc3ccc([N+](=O)[O-])cc3)nc2c1)N1CCCC1. The summed E-state index contributed by atoms with van der Waals surface area (Å²) in [5, 5.41) is 11.6. The number of hydrogen-bond acceptors (Lipinski definition) is 6. The maximum absolute atomic E-state index is 14.0. The van der Waals surface area contributed by atoms with Crippen molar-refractivity contribution < 1.29 is 14.1 Å². The Morgan fingerprint density at radius 3 is 2.50 bits per heavy atom. The second kappa shape index (κ2) is 9.90. The summed E-state index contributed by atoms with van der Waals surface area (Å²) < 4.78 is 15.4. The topological polar surface area (TPSA) is 98.3 Å². The summed E-state index contributed by atoms with van der Waals surface area (Å²) in [7, 11) is 0. The second-order valence-corrected chi connectivity index (χ2v) is 9.40. The van der Waals surface area contributed by atoms with Gasteiger partial charge in [-0.25, -0.2) is 9.37 Å². The van der Waals surface area contributed by atoms with Gasteiger partial charge in [-0.15, -0.1) is 0 Å². The van der Waals surface area contributed by atoms with Crippen LogP contribution in [0, 0.1) is 15.9 Å². The number of fused-ring (bicyclic) bond motifs is 1. The Balaban J connectivity index is 1.57. The molecule has 1 aliphatic rings. The Kier molecular flexibility index (Phi) is 6.51. The largest absolute Gasteiger partial charge is 0.339 e. The molecule has 0 atom stereocenters. The maximum atomic E-state index is 14.0. The number of nitrogens with zero attached hydrogens (tertiary/aromatic N) is 4. The van der Waals surface area contributed by atoms with E-state index in [1.165, 1.54) is 46.7 Å². The summed E-state index contributed by atoms with van der Waals surface area (Å²) >= 11 is 1.25. The van der Waals surface area contributed by atoms with Crippen LogP contribution < -0.4 is 5.56 Å². The van der Waals surface area contributed by atoms with Gasteiger partial charge < -0.3 is 4.90 Å². The molecule has 4 aromatic rings. The monoisotopic (exact) mass is 504 g/mol. The standard InChI is InChI=1S/C26H21FN4O4S/c27-19-4-3-5-21(15-19)30-25(33)22-11-8-18(24(32)29-12-1-2-13-29)14-23(22)28-26(30)36-16-17-6-9-20(10-7-17)31(34)35/h3-11,14-15H,1-2,12-13,16H2. The molecule has 0 unspecified atom stereocenters. The third-order valence-corrected chi connectivity index (χ3v) is 7.07. The average Bonchev–Trinajstić information content (AvgIpc) is 3.42. The highest BCUT2D eigenvalue weighted by atomic mass is 32.2. The highest BCUT2D eigenvalue weighted by molar-refractivity contribution is 7.98. The number of nitro benzene ring substituents is 1. The van der Waals surface area contributed by atoms with Gasteiger partial charge in [-0.3, -0.25) is 24.3 Å². The first-order chi connectivity index (χ1) is 17.4. The van der Waals surface area contributed by atoms with Crippen LogP contribution in [-0.4, -0.2) is 38.4 Å². The van der Waals surface area contributed by atoms with Gasteiger partial charge in [-0.05, 0) is 54.8 Å². The zero-order valence-corrected chi connectivity index (χ0v) is 19.9. The Morgan fingerprint density at radius 1 is 1.06 bits per heavy atom. The number of rotatable bonds is 6. The van der Waals surface area contributed by atoms with E-state index in [4.69, 9.17) is 4.98 Å². The van der Waals surface area contributed by atoms with Crippen LogP contribution in [-0.2, 0) is 5.75 Å². The van der Waals surface area contributed by atoms with Crippen LogP contribution in [0.1, 0.15) is 28.8 Å². The molecule has 0 aliphatic carbocycles. The molecular weight excluding hydrogens is 483 g/mol. The molecule has 5 rings (SSSR count). The van der Waals surface area contributed by atoms with Crippen molar-refractivity contribution in [1.82, 2.24) is 14.5 Å². The van der Waals surface area contributed by atoms with E-state index >= 15 is 0 Å². The van der Waals surface area contributed by atoms with Gasteiger partial charge in [0.25, 0.3) is 17.2 Å². The van der Waals surface area contributed by atoms with Crippen molar-refractivity contribution in [2.45, 2.75) is 23.8 Å². The van der Waals surface area contributed by atoms with Gasteiger partial charge in [0, 0.05) is 36.5 Å². The highest BCUT2D eigenvalue weighted by Gasteiger charge is 2.21. The molecular formula is C26H21FN4O4S. The van der Waals surface area contributed by atoms with Crippen molar-refractivity contribution in [2.75, 3.05) is 13.1 Å². The lowest BCUT2D eigenvalue weighted by molar-refractivity contribution is -0.384. The highest BCUT2D eigenvalue weighted by Crippen LogP contribution is 2.26. The van der Waals surface area contributed by atoms with Crippen molar-refractivity contribution in [3.8, 4) is 5.69 Å². The molecule has 0 saturated carbocycles. The van der Waals surface area contributed by atoms with Gasteiger partial charge >= 0.3 is 0 Å². The molecule has 0 bridgehead atoms. The molecule has 10 heteroatoms. The molecule has 0 N–H and O–H groups in total. The Morgan fingerprint density at radius 2 is 1.81 bits per heavy atom. The number of halogens is 1. The van der Waals surface area contributed by atoms with Crippen molar-refractivity contribution in [2.24, 2.45) is 0 Å². The summed E-state index contributed by atoms with van der Waals surface area (Å²) in [6.07, 6.45) is 1.94. The molecule has 1 aliphatic heterocycles. The zero-order valence-electron chi connectivity index (χ0n) is 19.1. The number of carbonyl (C=O) groups excluding carboxylic acids is 1. The molecule has 0 radical (unpaired) electrons. The molecule has 3 aromatic carbocycles. The minimum absolute atomic E-state index is 0.0144. The van der Waals surface area contributed by atoms with Crippen LogP contribution in [0.15, 0.2) is 76.7 Å². The number of benzene rings is 3. The fourth-order valence-corrected chi connectivity index (χ4v) is 5.17. The lowest BCUT2D eigenvalue weighted by Crippen LogP contribution is -2.28. The number of thioether (sulfide) groups is 1. The first-order valence-electron chi connectivity index (χ1n) is 11.4. The summed E-state index contributed by atoms with van der Waals surface area (Å²) in [5.74, 6) is -0.208. The minimum atomic E-state index is -0.489. The van der Waals surface area contributed by atoms with Crippen molar-refractivity contribution in [1.29, 1.82) is 0 Å². The molecule has 1 fully saturated rings. The van der Waals surface area contributed by atoms with E-state index in [1.54, 1.807) is 41.3 Å². The average molecular weight is 505 g/mol. The summed E-state index contributed by atoms with van der Waals surface area (Å²) in [5.41, 5.74) is 1.58. The number of aromatic nitrogens is 2. The van der Waals surface area contributed by atoms with Gasteiger partial charge in [-0.2, -0.15) is 0 Å². The number of likely N-dealkylation sites (tertiary alicyclic amines) is 1. The number of hydrogen-bond donors (Lipinski definition) is 0. The predicted octanol–water partition coefficient (Wildman–Crippen LogP) is 4.96. The smallest absolute Gasteiger partial charge is 0.269 e. The van der Waals surface area contributed by atoms with Gasteiger partial charge in [0.15, 0.2) is 5.16 Å². The Bertz CT molecular complexity index is 1530. The fraction of sp³-hybridized carbons (Fsp3) is 0.192. The molecule has 1 aromatic heterocycles. The summed E-state index contributed by atoms with van der Waals surface area (Å²) in [6, 6.07) is 16.7. The lowest BCUT2D eigenvalue weighted by Gasteiger charge is -2.16. The van der Waals surface area contributed by atoms with Crippen molar-refractivity contribution >= 4 is 34.3 Å². The first kappa shape index (κ1) is 23.7. The molecule has 36 heavy (non-hydrogen) atoms. The third kappa shape index (κ3) is 4.72. The van der Waals surface area contributed by atoms with E-state index in [2.05, 4.69) is 0 Å². The van der Waals surface area contributed by atoms with Crippen LogP contribution in [0.3, 0.4) is 0 Å². The number of amides is 1. The Labute approximate surface area is 209 Å². The molecule has 2 heterocycles. The van der Waals surface area contributed by atoms with E-state index in [-0.39, 0.29) is 17.2 Å². The molecule has 0 spiro atoms. The maximum Gasteiger partial charge on any atom is 0.269 e. The predicted molar refractivity (Wildman–Crippen MR) is 135 cm³/mol. The first-order valence-corrected chi connectivity index (χ1v) is 12.4. The van der Waals surface area contributed by atoms with E-state index in [0.29, 0.717) is 46.2 Å². The van der Waals surface area contributed by atoms with Crippen molar-refractivity contribution in [3.05, 3.63) is 104 Å². The van der Waals surface area contributed by atoms with E-state index < -0.39 is 10.7 Å².